The van der Waals surface area contributed by atoms with Crippen LogP contribution in [0, 0.1) is 0 Å². The van der Waals surface area contributed by atoms with Crippen LogP contribution in [-0.2, 0) is 9.84 Å². The zero-order valence-electron chi connectivity index (χ0n) is 10.7. The van der Waals surface area contributed by atoms with Gasteiger partial charge in [-0.15, -0.1) is 0 Å². The van der Waals surface area contributed by atoms with E-state index in [0.717, 1.165) is 25.7 Å². The largest absolute Gasteiger partial charge is 0.478 e. The third kappa shape index (κ3) is 3.15. The topological polar surface area (TPSA) is 71.4 Å². The average molecular weight is 282 g/mol. The minimum Gasteiger partial charge on any atom is -0.478 e. The standard InChI is InChI=1S/C14H18O4S/c15-14(16)11-6-5-9-13(10-11)19(17,18)12-7-3-1-2-4-8-12/h5-6,9-10,12H,1-4,7-8H2,(H,15,16). The van der Waals surface area contributed by atoms with Gasteiger partial charge in [0.25, 0.3) is 0 Å². The van der Waals surface area contributed by atoms with Crippen molar-refractivity contribution in [3.8, 4) is 0 Å². The first-order valence-electron chi connectivity index (χ1n) is 6.59. The molecule has 1 aromatic rings. The van der Waals surface area contributed by atoms with E-state index in [1.54, 1.807) is 0 Å². The monoisotopic (exact) mass is 282 g/mol. The highest BCUT2D eigenvalue weighted by Gasteiger charge is 2.28. The van der Waals surface area contributed by atoms with Crippen molar-refractivity contribution in [1.29, 1.82) is 0 Å². The summed E-state index contributed by atoms with van der Waals surface area (Å²) in [7, 11) is -3.40. The Morgan fingerprint density at radius 1 is 1.11 bits per heavy atom. The van der Waals surface area contributed by atoms with Gasteiger partial charge in [-0.05, 0) is 31.0 Å². The summed E-state index contributed by atoms with van der Waals surface area (Å²) in [5, 5.41) is 8.57. The van der Waals surface area contributed by atoms with Crippen LogP contribution in [0.4, 0.5) is 0 Å². The third-order valence-corrected chi connectivity index (χ3v) is 5.91. The lowest BCUT2D eigenvalue weighted by molar-refractivity contribution is 0.0696. The number of sulfone groups is 1. The molecule has 0 spiro atoms. The van der Waals surface area contributed by atoms with E-state index < -0.39 is 15.8 Å². The van der Waals surface area contributed by atoms with Gasteiger partial charge in [0.15, 0.2) is 9.84 Å². The van der Waals surface area contributed by atoms with E-state index in [-0.39, 0.29) is 15.7 Å². The molecule has 4 nitrogen and oxygen atoms in total. The molecule has 0 bridgehead atoms. The van der Waals surface area contributed by atoms with Crippen LogP contribution in [0.25, 0.3) is 0 Å². The van der Waals surface area contributed by atoms with Crippen LogP contribution in [0.1, 0.15) is 48.9 Å². The average Bonchev–Trinajstić information content (AvgIpc) is 2.68. The van der Waals surface area contributed by atoms with E-state index in [2.05, 4.69) is 0 Å². The van der Waals surface area contributed by atoms with Crippen molar-refractivity contribution >= 4 is 15.8 Å². The molecule has 19 heavy (non-hydrogen) atoms. The molecule has 1 fully saturated rings. The Hall–Kier alpha value is -1.36. The van der Waals surface area contributed by atoms with Gasteiger partial charge < -0.3 is 5.11 Å². The van der Waals surface area contributed by atoms with E-state index in [9.17, 15) is 13.2 Å². The molecule has 104 valence electrons. The molecule has 0 amide bonds. The fourth-order valence-electron chi connectivity index (χ4n) is 2.55. The molecule has 0 unspecified atom stereocenters. The van der Waals surface area contributed by atoms with Gasteiger partial charge in [0.05, 0.1) is 15.7 Å². The Kier molecular flexibility index (Phi) is 4.24. The van der Waals surface area contributed by atoms with E-state index in [4.69, 9.17) is 5.11 Å². The fourth-order valence-corrected chi connectivity index (χ4v) is 4.45. The molecule has 0 saturated heterocycles. The van der Waals surface area contributed by atoms with Crippen LogP contribution in [0.5, 0.6) is 0 Å². The number of benzene rings is 1. The lowest BCUT2D eigenvalue weighted by Gasteiger charge is -2.15. The fraction of sp³-hybridized carbons (Fsp3) is 0.500. The first-order valence-corrected chi connectivity index (χ1v) is 8.14. The number of hydrogen-bond acceptors (Lipinski definition) is 3. The molecule has 0 atom stereocenters. The maximum absolute atomic E-state index is 12.5. The minimum atomic E-state index is -3.40. The number of carboxylic acids is 1. The molecule has 1 aliphatic rings. The van der Waals surface area contributed by atoms with Crippen molar-refractivity contribution in [2.75, 3.05) is 0 Å². The predicted molar refractivity (Wildman–Crippen MR) is 72.1 cm³/mol. The SMILES string of the molecule is O=C(O)c1cccc(S(=O)(=O)C2CCCCCC2)c1. The molecular formula is C14H18O4S. The smallest absolute Gasteiger partial charge is 0.335 e. The molecule has 5 heteroatoms. The highest BCUT2D eigenvalue weighted by Crippen LogP contribution is 2.28. The molecule has 1 saturated carbocycles. The van der Waals surface area contributed by atoms with Crippen LogP contribution in [0.3, 0.4) is 0 Å². The molecule has 2 rings (SSSR count). The van der Waals surface area contributed by atoms with Gasteiger partial charge >= 0.3 is 5.97 Å². The van der Waals surface area contributed by atoms with Crippen molar-refractivity contribution in [3.05, 3.63) is 29.8 Å². The van der Waals surface area contributed by atoms with Crippen molar-refractivity contribution < 1.29 is 18.3 Å². The van der Waals surface area contributed by atoms with Crippen LogP contribution < -0.4 is 0 Å². The Labute approximate surface area is 113 Å². The highest BCUT2D eigenvalue weighted by molar-refractivity contribution is 7.92. The van der Waals surface area contributed by atoms with Gasteiger partial charge in [-0.1, -0.05) is 31.7 Å². The lowest BCUT2D eigenvalue weighted by Crippen LogP contribution is -2.21. The van der Waals surface area contributed by atoms with Crippen molar-refractivity contribution in [2.24, 2.45) is 0 Å². The van der Waals surface area contributed by atoms with Crippen molar-refractivity contribution in [2.45, 2.75) is 48.7 Å². The van der Waals surface area contributed by atoms with E-state index in [1.807, 2.05) is 0 Å². The Balaban J connectivity index is 2.32. The summed E-state index contributed by atoms with van der Waals surface area (Å²) in [6.45, 7) is 0. The van der Waals surface area contributed by atoms with Gasteiger partial charge in [0.2, 0.25) is 0 Å². The molecule has 1 aliphatic carbocycles. The normalized spacial score (nSPS) is 17.9. The summed E-state index contributed by atoms with van der Waals surface area (Å²) in [5.41, 5.74) is 0.0229. The molecule has 0 aromatic heterocycles. The van der Waals surface area contributed by atoms with Crippen LogP contribution in [-0.4, -0.2) is 24.7 Å². The van der Waals surface area contributed by atoms with Gasteiger partial charge in [-0.2, -0.15) is 0 Å². The quantitative estimate of drug-likeness (QED) is 0.865. The van der Waals surface area contributed by atoms with Crippen LogP contribution in [0.15, 0.2) is 29.2 Å². The zero-order chi connectivity index (χ0) is 13.9. The highest BCUT2D eigenvalue weighted by atomic mass is 32.2. The number of carbonyl (C=O) groups is 1. The Morgan fingerprint density at radius 2 is 1.74 bits per heavy atom. The van der Waals surface area contributed by atoms with Crippen molar-refractivity contribution in [1.82, 2.24) is 0 Å². The van der Waals surface area contributed by atoms with Gasteiger partial charge in [-0.25, -0.2) is 13.2 Å². The first kappa shape index (κ1) is 14.1. The molecule has 0 radical (unpaired) electrons. The summed E-state index contributed by atoms with van der Waals surface area (Å²) < 4.78 is 25.0. The molecule has 0 aliphatic heterocycles. The summed E-state index contributed by atoms with van der Waals surface area (Å²) in [6, 6.07) is 5.66. The van der Waals surface area contributed by atoms with E-state index >= 15 is 0 Å². The molecule has 1 aromatic carbocycles. The van der Waals surface area contributed by atoms with Gasteiger partial charge in [-0.3, -0.25) is 0 Å². The third-order valence-electron chi connectivity index (χ3n) is 3.65. The summed E-state index contributed by atoms with van der Waals surface area (Å²) in [4.78, 5) is 11.1. The van der Waals surface area contributed by atoms with Gasteiger partial charge in [0, 0.05) is 0 Å². The molecular weight excluding hydrogens is 264 g/mol. The lowest BCUT2D eigenvalue weighted by atomic mass is 10.2. The predicted octanol–water partition coefficient (Wildman–Crippen LogP) is 2.88. The summed E-state index contributed by atoms with van der Waals surface area (Å²) >= 11 is 0. The second-order valence-electron chi connectivity index (χ2n) is 4.99. The molecule has 1 N–H and O–H groups in total. The maximum Gasteiger partial charge on any atom is 0.335 e. The Bertz CT molecular complexity index is 555. The van der Waals surface area contributed by atoms with Crippen LogP contribution >= 0.6 is 0 Å². The number of rotatable bonds is 3. The second-order valence-corrected chi connectivity index (χ2v) is 7.22. The van der Waals surface area contributed by atoms with Crippen molar-refractivity contribution in [3.63, 3.8) is 0 Å². The second kappa shape index (κ2) is 5.74. The first-order chi connectivity index (χ1) is 9.01. The number of hydrogen-bond donors (Lipinski definition) is 1. The number of aromatic carboxylic acids is 1. The summed E-state index contributed by atoms with van der Waals surface area (Å²) in [6.07, 6.45) is 5.40. The van der Waals surface area contributed by atoms with E-state index in [1.165, 1.54) is 24.3 Å². The zero-order valence-corrected chi connectivity index (χ0v) is 11.5. The molecule has 0 heterocycles. The van der Waals surface area contributed by atoms with Crippen LogP contribution in [0.2, 0.25) is 0 Å². The number of carboxylic acid groups (broad SMARTS) is 1. The van der Waals surface area contributed by atoms with E-state index in [0.29, 0.717) is 12.8 Å². The Morgan fingerprint density at radius 3 is 2.32 bits per heavy atom. The minimum absolute atomic E-state index is 0.0229. The van der Waals surface area contributed by atoms with Gasteiger partial charge in [0.1, 0.15) is 0 Å². The summed E-state index contributed by atoms with van der Waals surface area (Å²) in [5.74, 6) is -1.10. The maximum atomic E-state index is 12.5.